The molecule has 0 saturated heterocycles. The number of methoxy groups -OCH3 is 2. The molecule has 3 N–H and O–H groups in total. The van der Waals surface area contributed by atoms with Gasteiger partial charge in [-0.25, -0.2) is 10.2 Å². The average molecular weight is 504 g/mol. The summed E-state index contributed by atoms with van der Waals surface area (Å²) >= 11 is 0. The van der Waals surface area contributed by atoms with Crippen LogP contribution in [0.2, 0.25) is 0 Å². The first-order valence-corrected chi connectivity index (χ1v) is 11.0. The highest BCUT2D eigenvalue weighted by atomic mass is 16.5. The number of hydrazone groups is 1. The van der Waals surface area contributed by atoms with E-state index in [-0.39, 0.29) is 11.4 Å². The van der Waals surface area contributed by atoms with E-state index in [2.05, 4.69) is 15.8 Å². The quantitative estimate of drug-likeness (QED) is 0.208. The third-order valence-corrected chi connectivity index (χ3v) is 4.89. The van der Waals surface area contributed by atoms with E-state index in [4.69, 9.17) is 19.3 Å². The van der Waals surface area contributed by atoms with Crippen LogP contribution in [0, 0.1) is 0 Å². The molecule has 3 aromatic carbocycles. The maximum absolute atomic E-state index is 13.0. The van der Waals surface area contributed by atoms with Crippen LogP contribution < -0.4 is 25.0 Å². The first kappa shape index (κ1) is 26.5. The van der Waals surface area contributed by atoms with Crippen LogP contribution in [-0.4, -0.2) is 49.9 Å². The molecule has 10 heteroatoms. The molecule has 0 saturated carbocycles. The zero-order valence-corrected chi connectivity index (χ0v) is 20.1. The number of hydrogen-bond donors (Lipinski definition) is 3. The van der Waals surface area contributed by atoms with Gasteiger partial charge in [-0.3, -0.25) is 9.59 Å². The predicted octanol–water partition coefficient (Wildman–Crippen LogP) is 3.09. The lowest BCUT2D eigenvalue weighted by atomic mass is 10.1. The van der Waals surface area contributed by atoms with E-state index in [9.17, 15) is 14.4 Å². The van der Waals surface area contributed by atoms with Gasteiger partial charge < -0.3 is 24.6 Å². The fourth-order valence-corrected chi connectivity index (χ4v) is 3.13. The van der Waals surface area contributed by atoms with Gasteiger partial charge in [-0.2, -0.15) is 5.10 Å². The number of hydrogen-bond acceptors (Lipinski definition) is 7. The van der Waals surface area contributed by atoms with Crippen LogP contribution in [0.1, 0.15) is 21.5 Å². The number of carbonyl (C=O) groups is 3. The van der Waals surface area contributed by atoms with Crippen LogP contribution in [0.3, 0.4) is 0 Å². The van der Waals surface area contributed by atoms with E-state index in [1.54, 1.807) is 72.8 Å². The second-order valence-electron chi connectivity index (χ2n) is 7.41. The monoisotopic (exact) mass is 503 g/mol. The Bertz CT molecular complexity index is 1320. The highest BCUT2D eigenvalue weighted by Crippen LogP contribution is 2.28. The van der Waals surface area contributed by atoms with Gasteiger partial charge >= 0.3 is 5.97 Å². The van der Waals surface area contributed by atoms with Crippen LogP contribution in [0.4, 0.5) is 0 Å². The number of aliphatic carboxylic acids is 1. The Kier molecular flexibility index (Phi) is 9.38. The van der Waals surface area contributed by atoms with E-state index in [1.807, 2.05) is 0 Å². The molecular formula is C27H25N3O7. The number of nitrogens with zero attached hydrogens (tertiary/aromatic N) is 1. The zero-order chi connectivity index (χ0) is 26.6. The van der Waals surface area contributed by atoms with Crippen LogP contribution in [-0.2, 0) is 9.59 Å². The van der Waals surface area contributed by atoms with Crippen molar-refractivity contribution in [3.05, 3.63) is 95.2 Å². The molecule has 0 aromatic heterocycles. The molecule has 0 unspecified atom stereocenters. The fourth-order valence-electron chi connectivity index (χ4n) is 3.13. The lowest BCUT2D eigenvalue weighted by Gasteiger charge is -2.11. The summed E-state index contributed by atoms with van der Waals surface area (Å²) in [5.74, 6) is -1.08. The lowest BCUT2D eigenvalue weighted by molar-refractivity contribution is -0.139. The molecule has 0 fully saturated rings. The second kappa shape index (κ2) is 13.1. The van der Waals surface area contributed by atoms with Crippen molar-refractivity contribution in [2.24, 2.45) is 5.10 Å². The summed E-state index contributed by atoms with van der Waals surface area (Å²) in [4.78, 5) is 36.6. The number of carboxylic acids is 1. The standard InChI is InChI=1S/C27H25N3O7/c1-35-23-13-12-18(15-24(23)36-2)14-21(29-26(33)19-8-4-3-5-9-19)27(34)30-28-16-20-10-6-7-11-22(20)37-17-25(31)32/h3-16H,17H2,1-2H3,(H,29,33)(H,30,34)(H,31,32)/b21-14+,28-16+. The summed E-state index contributed by atoms with van der Waals surface area (Å²) in [6.45, 7) is -0.527. The number of carboxylic acid groups (broad SMARTS) is 1. The number of benzene rings is 3. The van der Waals surface area contributed by atoms with Gasteiger partial charge in [-0.15, -0.1) is 0 Å². The van der Waals surface area contributed by atoms with Crippen molar-refractivity contribution in [2.45, 2.75) is 0 Å². The molecule has 190 valence electrons. The number of amides is 2. The predicted molar refractivity (Wildman–Crippen MR) is 137 cm³/mol. The Morgan fingerprint density at radius 1 is 0.892 bits per heavy atom. The van der Waals surface area contributed by atoms with Crippen molar-refractivity contribution in [3.63, 3.8) is 0 Å². The lowest BCUT2D eigenvalue weighted by Crippen LogP contribution is -2.32. The summed E-state index contributed by atoms with van der Waals surface area (Å²) < 4.78 is 15.8. The highest BCUT2D eigenvalue weighted by molar-refractivity contribution is 6.05. The molecular weight excluding hydrogens is 478 g/mol. The Morgan fingerprint density at radius 3 is 2.30 bits per heavy atom. The van der Waals surface area contributed by atoms with Gasteiger partial charge in [0.05, 0.1) is 20.4 Å². The van der Waals surface area contributed by atoms with E-state index in [0.717, 1.165) is 0 Å². The number of ether oxygens (including phenoxy) is 3. The highest BCUT2D eigenvalue weighted by Gasteiger charge is 2.15. The molecule has 0 aliphatic carbocycles. The minimum absolute atomic E-state index is 0.0753. The summed E-state index contributed by atoms with van der Waals surface area (Å²) in [6, 6.07) is 20.1. The Hall–Kier alpha value is -5.12. The van der Waals surface area contributed by atoms with Crippen molar-refractivity contribution in [3.8, 4) is 17.2 Å². The topological polar surface area (TPSA) is 136 Å². The normalized spacial score (nSPS) is 11.0. The molecule has 0 aliphatic rings. The molecule has 0 aliphatic heterocycles. The molecule has 2 amide bonds. The molecule has 3 aromatic rings. The zero-order valence-electron chi connectivity index (χ0n) is 20.1. The molecule has 0 radical (unpaired) electrons. The van der Waals surface area contributed by atoms with Crippen molar-refractivity contribution in [1.82, 2.24) is 10.7 Å². The Morgan fingerprint density at radius 2 is 1.59 bits per heavy atom. The van der Waals surface area contributed by atoms with E-state index in [0.29, 0.717) is 28.2 Å². The van der Waals surface area contributed by atoms with Crippen LogP contribution in [0.25, 0.3) is 6.08 Å². The van der Waals surface area contributed by atoms with Gasteiger partial charge in [-0.05, 0) is 48.0 Å². The Balaban J connectivity index is 1.85. The number of para-hydroxylation sites is 1. The van der Waals surface area contributed by atoms with Gasteiger partial charge in [0.15, 0.2) is 18.1 Å². The van der Waals surface area contributed by atoms with E-state index < -0.39 is 24.4 Å². The maximum Gasteiger partial charge on any atom is 0.341 e. The molecule has 0 spiro atoms. The number of nitrogens with one attached hydrogen (secondary N) is 2. The second-order valence-corrected chi connectivity index (χ2v) is 7.41. The third kappa shape index (κ3) is 7.69. The molecule has 10 nitrogen and oxygen atoms in total. The van der Waals surface area contributed by atoms with Gasteiger partial charge in [0.2, 0.25) is 0 Å². The van der Waals surface area contributed by atoms with Gasteiger partial charge in [0, 0.05) is 11.1 Å². The van der Waals surface area contributed by atoms with Gasteiger partial charge in [0.25, 0.3) is 11.8 Å². The van der Waals surface area contributed by atoms with Crippen molar-refractivity contribution < 1.29 is 33.7 Å². The minimum atomic E-state index is -1.13. The van der Waals surface area contributed by atoms with Gasteiger partial charge in [0.1, 0.15) is 11.4 Å². The maximum atomic E-state index is 13.0. The molecule has 0 heterocycles. The van der Waals surface area contributed by atoms with Crippen LogP contribution in [0.5, 0.6) is 17.2 Å². The van der Waals surface area contributed by atoms with Crippen molar-refractivity contribution in [1.29, 1.82) is 0 Å². The first-order chi connectivity index (χ1) is 17.9. The summed E-state index contributed by atoms with van der Waals surface area (Å²) in [7, 11) is 3.00. The van der Waals surface area contributed by atoms with Crippen molar-refractivity contribution in [2.75, 3.05) is 20.8 Å². The molecule has 37 heavy (non-hydrogen) atoms. The summed E-state index contributed by atoms with van der Waals surface area (Å²) in [5.41, 5.74) is 3.67. The van der Waals surface area contributed by atoms with Gasteiger partial charge in [-0.1, -0.05) is 36.4 Å². The molecule has 0 atom stereocenters. The van der Waals surface area contributed by atoms with Crippen LogP contribution in [0.15, 0.2) is 83.6 Å². The average Bonchev–Trinajstić information content (AvgIpc) is 2.92. The number of rotatable bonds is 11. The SMILES string of the molecule is COc1ccc(/C=C(/NC(=O)c2ccccc2)C(=O)N/N=C/c2ccccc2OCC(=O)O)cc1OC. The fraction of sp³-hybridized carbons (Fsp3) is 0.111. The Labute approximate surface area is 213 Å². The third-order valence-electron chi connectivity index (χ3n) is 4.89. The van der Waals surface area contributed by atoms with E-state index >= 15 is 0 Å². The summed E-state index contributed by atoms with van der Waals surface area (Å²) in [5, 5.41) is 15.4. The molecule has 0 bridgehead atoms. The largest absolute Gasteiger partial charge is 0.493 e. The van der Waals surface area contributed by atoms with E-state index in [1.165, 1.54) is 26.5 Å². The molecule has 3 rings (SSSR count). The smallest absolute Gasteiger partial charge is 0.341 e. The van der Waals surface area contributed by atoms with Crippen molar-refractivity contribution >= 4 is 30.1 Å². The van der Waals surface area contributed by atoms with Crippen LogP contribution >= 0.6 is 0 Å². The summed E-state index contributed by atoms with van der Waals surface area (Å²) in [6.07, 6.45) is 2.78. The number of carbonyl (C=O) groups excluding carboxylic acids is 2. The minimum Gasteiger partial charge on any atom is -0.493 e. The first-order valence-electron chi connectivity index (χ1n) is 11.0.